The molecular weight excluding hydrogens is 168 g/mol. The van der Waals surface area contributed by atoms with E-state index < -0.39 is 0 Å². The van der Waals surface area contributed by atoms with Crippen molar-refractivity contribution in [2.45, 2.75) is 38.0 Å². The van der Waals surface area contributed by atoms with Crippen LogP contribution in [-0.2, 0) is 0 Å². The van der Waals surface area contributed by atoms with Crippen LogP contribution in [0.2, 0.25) is 0 Å². The van der Waals surface area contributed by atoms with E-state index in [0.29, 0.717) is 5.92 Å². The van der Waals surface area contributed by atoms with E-state index in [9.17, 15) is 0 Å². The Morgan fingerprint density at radius 1 is 1.33 bits per heavy atom. The monoisotopic (exact) mass is 182 g/mol. The Morgan fingerprint density at radius 2 is 2.08 bits per heavy atom. The van der Waals surface area contributed by atoms with Crippen molar-refractivity contribution in [3.05, 3.63) is 11.8 Å². The largest absolute Gasteiger partial charge is 0.389 e. The molecule has 0 radical (unpaired) electrons. The minimum Gasteiger partial charge on any atom is -0.389 e. The van der Waals surface area contributed by atoms with Gasteiger partial charge in [0.05, 0.1) is 5.69 Å². The predicted molar refractivity (Wildman–Crippen MR) is 52.4 cm³/mol. The molecule has 1 aromatic rings. The molecule has 1 aromatic heterocycles. The highest BCUT2D eigenvalue weighted by atomic mass is 32.1. The Balaban J connectivity index is 2.08. The van der Waals surface area contributed by atoms with Gasteiger partial charge in [0.2, 0.25) is 0 Å². The van der Waals surface area contributed by atoms with Gasteiger partial charge in [0.25, 0.3) is 0 Å². The topological polar surface area (TPSA) is 38.9 Å². The number of nitrogen functional groups attached to an aromatic ring is 1. The van der Waals surface area contributed by atoms with Crippen molar-refractivity contribution in [3.8, 4) is 0 Å². The van der Waals surface area contributed by atoms with Crippen molar-refractivity contribution in [3.63, 3.8) is 0 Å². The highest BCUT2D eigenvalue weighted by Crippen LogP contribution is 2.33. The zero-order chi connectivity index (χ0) is 8.39. The average Bonchev–Trinajstić information content (AvgIpc) is 2.54. The first-order valence-electron chi connectivity index (χ1n) is 4.58. The molecule has 1 heterocycles. The lowest BCUT2D eigenvalue weighted by Crippen LogP contribution is -2.04. The summed E-state index contributed by atoms with van der Waals surface area (Å²) in [7, 11) is 0. The van der Waals surface area contributed by atoms with Crippen molar-refractivity contribution >= 4 is 16.5 Å². The van der Waals surface area contributed by atoms with Crippen LogP contribution in [-0.4, -0.2) is 4.37 Å². The molecule has 0 bridgehead atoms. The van der Waals surface area contributed by atoms with Gasteiger partial charge in [0.15, 0.2) is 0 Å². The molecule has 12 heavy (non-hydrogen) atoms. The maximum Gasteiger partial charge on any atom is 0.107 e. The molecule has 2 rings (SSSR count). The second-order valence-corrected chi connectivity index (χ2v) is 4.33. The molecule has 0 spiro atoms. The number of anilines is 1. The van der Waals surface area contributed by atoms with E-state index in [2.05, 4.69) is 4.37 Å². The quantitative estimate of drug-likeness (QED) is 0.725. The van der Waals surface area contributed by atoms with Gasteiger partial charge >= 0.3 is 0 Å². The molecule has 0 amide bonds. The molecule has 0 saturated heterocycles. The van der Waals surface area contributed by atoms with E-state index >= 15 is 0 Å². The summed E-state index contributed by atoms with van der Waals surface area (Å²) in [4.78, 5) is 0. The molecule has 1 fully saturated rings. The normalized spacial score (nSPS) is 19.7. The molecule has 2 N–H and O–H groups in total. The maximum absolute atomic E-state index is 5.64. The van der Waals surface area contributed by atoms with Gasteiger partial charge in [0, 0.05) is 5.92 Å². The van der Waals surface area contributed by atoms with Gasteiger partial charge in [-0.3, -0.25) is 0 Å². The Labute approximate surface area is 77.0 Å². The zero-order valence-electron chi connectivity index (χ0n) is 7.12. The first kappa shape index (κ1) is 8.05. The number of rotatable bonds is 1. The third kappa shape index (κ3) is 1.61. The van der Waals surface area contributed by atoms with Crippen LogP contribution in [0.3, 0.4) is 0 Å². The summed E-state index contributed by atoms with van der Waals surface area (Å²) in [5, 5.41) is 0.857. The molecule has 0 atom stereocenters. The van der Waals surface area contributed by atoms with Gasteiger partial charge < -0.3 is 5.73 Å². The minimum absolute atomic E-state index is 0.701. The van der Waals surface area contributed by atoms with E-state index in [0.717, 1.165) is 5.00 Å². The Hall–Kier alpha value is -0.570. The highest BCUT2D eigenvalue weighted by Gasteiger charge is 2.17. The minimum atomic E-state index is 0.701. The van der Waals surface area contributed by atoms with Crippen LogP contribution in [0.4, 0.5) is 5.00 Å². The van der Waals surface area contributed by atoms with Crippen LogP contribution in [0, 0.1) is 0 Å². The summed E-state index contributed by atoms with van der Waals surface area (Å²) in [6.07, 6.45) is 6.74. The zero-order valence-corrected chi connectivity index (χ0v) is 7.94. The predicted octanol–water partition coefficient (Wildman–Crippen LogP) is 2.77. The summed E-state index contributed by atoms with van der Waals surface area (Å²) in [6, 6.07) is 2.04. The molecular formula is C9H14N2S. The number of hydrogen-bond donors (Lipinski definition) is 1. The molecule has 0 aromatic carbocycles. The summed E-state index contributed by atoms with van der Waals surface area (Å²) in [5.74, 6) is 0.701. The van der Waals surface area contributed by atoms with Crippen molar-refractivity contribution in [2.24, 2.45) is 0 Å². The standard InChI is InChI=1S/C9H14N2S/c10-9-6-8(11-12-9)7-4-2-1-3-5-7/h6-7H,1-5,10H2. The number of aromatic nitrogens is 1. The van der Waals surface area contributed by atoms with Gasteiger partial charge in [-0.15, -0.1) is 0 Å². The van der Waals surface area contributed by atoms with Crippen molar-refractivity contribution in [1.29, 1.82) is 0 Å². The van der Waals surface area contributed by atoms with Crippen LogP contribution >= 0.6 is 11.5 Å². The molecule has 1 aliphatic carbocycles. The van der Waals surface area contributed by atoms with E-state index in [1.165, 1.54) is 49.3 Å². The van der Waals surface area contributed by atoms with E-state index in [4.69, 9.17) is 5.73 Å². The fourth-order valence-corrected chi connectivity index (χ4v) is 2.48. The second kappa shape index (κ2) is 3.44. The van der Waals surface area contributed by atoms with Crippen molar-refractivity contribution in [2.75, 3.05) is 5.73 Å². The van der Waals surface area contributed by atoms with Gasteiger partial charge in [-0.1, -0.05) is 19.3 Å². The summed E-state index contributed by atoms with van der Waals surface area (Å²) >= 11 is 1.43. The molecule has 1 aliphatic rings. The smallest absolute Gasteiger partial charge is 0.107 e. The first-order valence-corrected chi connectivity index (χ1v) is 5.35. The molecule has 66 valence electrons. The lowest BCUT2D eigenvalue weighted by atomic mass is 9.87. The molecule has 3 heteroatoms. The average molecular weight is 182 g/mol. The molecule has 2 nitrogen and oxygen atoms in total. The van der Waals surface area contributed by atoms with E-state index in [1.54, 1.807) is 0 Å². The van der Waals surface area contributed by atoms with Crippen LogP contribution in [0.1, 0.15) is 43.7 Å². The van der Waals surface area contributed by atoms with Gasteiger partial charge in [-0.2, -0.15) is 4.37 Å². The number of hydrogen-bond acceptors (Lipinski definition) is 3. The molecule has 0 unspecified atom stereocenters. The summed E-state index contributed by atoms with van der Waals surface area (Å²) in [6.45, 7) is 0. The third-order valence-corrected chi connectivity index (χ3v) is 3.20. The van der Waals surface area contributed by atoms with Gasteiger partial charge in [-0.25, -0.2) is 0 Å². The number of nitrogens with zero attached hydrogens (tertiary/aromatic N) is 1. The molecule has 1 saturated carbocycles. The van der Waals surface area contributed by atoms with Gasteiger partial charge in [-0.05, 0) is 30.4 Å². The van der Waals surface area contributed by atoms with Crippen molar-refractivity contribution < 1.29 is 0 Å². The van der Waals surface area contributed by atoms with Crippen LogP contribution in [0.5, 0.6) is 0 Å². The maximum atomic E-state index is 5.64. The molecule has 0 aliphatic heterocycles. The van der Waals surface area contributed by atoms with Crippen LogP contribution < -0.4 is 5.73 Å². The Morgan fingerprint density at radius 3 is 2.67 bits per heavy atom. The van der Waals surface area contributed by atoms with Crippen LogP contribution in [0.15, 0.2) is 6.07 Å². The fourth-order valence-electron chi connectivity index (χ4n) is 1.89. The summed E-state index contributed by atoms with van der Waals surface area (Å²) in [5.41, 5.74) is 6.87. The van der Waals surface area contributed by atoms with Crippen molar-refractivity contribution in [1.82, 2.24) is 4.37 Å². The van der Waals surface area contributed by atoms with E-state index in [-0.39, 0.29) is 0 Å². The third-order valence-electron chi connectivity index (χ3n) is 2.57. The van der Waals surface area contributed by atoms with Crippen LogP contribution in [0.25, 0.3) is 0 Å². The summed E-state index contributed by atoms with van der Waals surface area (Å²) < 4.78 is 4.36. The first-order chi connectivity index (χ1) is 5.86. The lowest BCUT2D eigenvalue weighted by molar-refractivity contribution is 0.439. The number of nitrogens with two attached hydrogens (primary N) is 1. The van der Waals surface area contributed by atoms with Gasteiger partial charge in [0.1, 0.15) is 5.00 Å². The Bertz CT molecular complexity index is 251. The lowest BCUT2D eigenvalue weighted by Gasteiger charge is -2.19. The second-order valence-electron chi connectivity index (χ2n) is 3.49. The SMILES string of the molecule is Nc1cc(C2CCCCC2)ns1. The Kier molecular flexibility index (Phi) is 2.30. The van der Waals surface area contributed by atoms with E-state index in [1.807, 2.05) is 6.07 Å². The highest BCUT2D eigenvalue weighted by molar-refractivity contribution is 7.10. The fraction of sp³-hybridized carbons (Fsp3) is 0.667.